The summed E-state index contributed by atoms with van der Waals surface area (Å²) in [4.78, 5) is 23.7. The van der Waals surface area contributed by atoms with Crippen molar-refractivity contribution >= 4 is 22.8 Å². The zero-order valence-corrected chi connectivity index (χ0v) is 17.9. The van der Waals surface area contributed by atoms with Gasteiger partial charge in [-0.1, -0.05) is 38.1 Å². The van der Waals surface area contributed by atoms with Crippen LogP contribution in [-0.2, 0) is 4.74 Å². The summed E-state index contributed by atoms with van der Waals surface area (Å²) < 4.78 is 5.24. The van der Waals surface area contributed by atoms with Crippen LogP contribution < -0.4 is 10.2 Å². The number of nitrogens with zero attached hydrogens (tertiary/aromatic N) is 3. The maximum absolute atomic E-state index is 12.0. The highest BCUT2D eigenvalue weighted by Crippen LogP contribution is 2.32. The Bertz CT molecular complexity index is 1060. The van der Waals surface area contributed by atoms with Gasteiger partial charge in [0, 0.05) is 24.5 Å². The van der Waals surface area contributed by atoms with Crippen LogP contribution in [0.4, 0.5) is 10.6 Å². The summed E-state index contributed by atoms with van der Waals surface area (Å²) in [5.41, 5.74) is 1.45. The van der Waals surface area contributed by atoms with Crippen molar-refractivity contribution in [3.8, 4) is 17.1 Å². The van der Waals surface area contributed by atoms with E-state index >= 15 is 0 Å². The molecule has 4 rings (SSSR count). The highest BCUT2D eigenvalue weighted by Gasteiger charge is 2.24. The third kappa shape index (κ3) is 4.87. The van der Waals surface area contributed by atoms with E-state index in [0.717, 1.165) is 42.7 Å². The Kier molecular flexibility index (Phi) is 6.21. The molecule has 7 heteroatoms. The standard InChI is InChI=1S/C24H28N4O3/c1-16(2)15-31-24(30)25-17-11-13-28(14-12-17)23-18-7-3-5-9-20(18)26-22(27-23)19-8-4-6-10-21(19)29/h3-10,16-17,29H,11-15H2,1-2H3,(H,25,30). The van der Waals surface area contributed by atoms with Gasteiger partial charge in [-0.3, -0.25) is 0 Å². The monoisotopic (exact) mass is 420 g/mol. The zero-order chi connectivity index (χ0) is 21.8. The molecule has 162 valence electrons. The molecule has 1 amide bonds. The molecule has 2 N–H and O–H groups in total. The zero-order valence-electron chi connectivity index (χ0n) is 17.9. The van der Waals surface area contributed by atoms with Crippen molar-refractivity contribution in [3.63, 3.8) is 0 Å². The largest absolute Gasteiger partial charge is 0.507 e. The van der Waals surface area contributed by atoms with Crippen LogP contribution in [0.25, 0.3) is 22.3 Å². The molecule has 1 fully saturated rings. The number of fused-ring (bicyclic) bond motifs is 1. The van der Waals surface area contributed by atoms with Gasteiger partial charge >= 0.3 is 6.09 Å². The van der Waals surface area contributed by atoms with Crippen molar-refractivity contribution in [3.05, 3.63) is 48.5 Å². The molecule has 0 unspecified atom stereocenters. The first-order valence-corrected chi connectivity index (χ1v) is 10.7. The highest BCUT2D eigenvalue weighted by atomic mass is 16.5. The van der Waals surface area contributed by atoms with E-state index in [1.54, 1.807) is 12.1 Å². The topological polar surface area (TPSA) is 87.6 Å². The maximum atomic E-state index is 12.0. The lowest BCUT2D eigenvalue weighted by molar-refractivity contribution is 0.128. The number of phenols is 1. The van der Waals surface area contributed by atoms with Crippen LogP contribution in [0.2, 0.25) is 0 Å². The van der Waals surface area contributed by atoms with Gasteiger partial charge in [0.15, 0.2) is 5.82 Å². The number of carbonyl (C=O) groups is 1. The van der Waals surface area contributed by atoms with Gasteiger partial charge in [-0.15, -0.1) is 0 Å². The van der Waals surface area contributed by atoms with Crippen LogP contribution in [0.1, 0.15) is 26.7 Å². The van der Waals surface area contributed by atoms with Gasteiger partial charge in [-0.05, 0) is 43.0 Å². The van der Waals surface area contributed by atoms with E-state index < -0.39 is 0 Å². The summed E-state index contributed by atoms with van der Waals surface area (Å²) in [6.07, 6.45) is 1.27. The molecule has 0 bridgehead atoms. The number of hydrogen-bond acceptors (Lipinski definition) is 6. The highest BCUT2D eigenvalue weighted by molar-refractivity contribution is 5.91. The molecule has 0 radical (unpaired) electrons. The van der Waals surface area contributed by atoms with E-state index in [4.69, 9.17) is 9.72 Å². The SMILES string of the molecule is CC(C)COC(=O)NC1CCN(c2nc(-c3ccccc3O)nc3ccccc23)CC1. The van der Waals surface area contributed by atoms with Gasteiger partial charge < -0.3 is 20.1 Å². The Morgan fingerprint density at radius 1 is 1.13 bits per heavy atom. The lowest BCUT2D eigenvalue weighted by Gasteiger charge is -2.33. The second-order valence-corrected chi connectivity index (χ2v) is 8.30. The predicted octanol–water partition coefficient (Wildman–Crippen LogP) is 4.35. The number of anilines is 1. The molecular formula is C24H28N4O3. The number of aromatic nitrogens is 2. The molecular weight excluding hydrogens is 392 g/mol. The van der Waals surface area contributed by atoms with Crippen molar-refractivity contribution in [2.45, 2.75) is 32.7 Å². The molecule has 7 nitrogen and oxygen atoms in total. The Balaban J connectivity index is 1.53. The molecule has 0 atom stereocenters. The van der Waals surface area contributed by atoms with Gasteiger partial charge in [0.1, 0.15) is 11.6 Å². The fraction of sp³-hybridized carbons (Fsp3) is 0.375. The summed E-state index contributed by atoms with van der Waals surface area (Å²) in [7, 11) is 0. The number of para-hydroxylation sites is 2. The third-order valence-electron chi connectivity index (χ3n) is 5.39. The van der Waals surface area contributed by atoms with Gasteiger partial charge in [-0.25, -0.2) is 14.8 Å². The van der Waals surface area contributed by atoms with Crippen molar-refractivity contribution in [1.82, 2.24) is 15.3 Å². The number of aromatic hydroxyl groups is 1. The number of phenolic OH excluding ortho intramolecular Hbond substituents is 1. The minimum Gasteiger partial charge on any atom is -0.507 e. The minimum atomic E-state index is -0.346. The number of piperidine rings is 1. The van der Waals surface area contributed by atoms with Gasteiger partial charge in [0.05, 0.1) is 17.7 Å². The lowest BCUT2D eigenvalue weighted by atomic mass is 10.0. The Hall–Kier alpha value is -3.35. The van der Waals surface area contributed by atoms with E-state index in [1.165, 1.54) is 0 Å². The summed E-state index contributed by atoms with van der Waals surface area (Å²) in [6.45, 7) is 5.97. The Morgan fingerprint density at radius 3 is 2.58 bits per heavy atom. The van der Waals surface area contributed by atoms with Crippen molar-refractivity contribution in [2.24, 2.45) is 5.92 Å². The van der Waals surface area contributed by atoms with Gasteiger partial charge in [0.25, 0.3) is 0 Å². The second kappa shape index (κ2) is 9.20. The average Bonchev–Trinajstić information content (AvgIpc) is 2.78. The van der Waals surface area contributed by atoms with Crippen LogP contribution in [-0.4, -0.2) is 46.9 Å². The fourth-order valence-corrected chi connectivity index (χ4v) is 3.77. The summed E-state index contributed by atoms with van der Waals surface area (Å²) >= 11 is 0. The molecule has 0 spiro atoms. The Labute approximate surface area is 182 Å². The van der Waals surface area contributed by atoms with Crippen LogP contribution in [0.5, 0.6) is 5.75 Å². The van der Waals surface area contributed by atoms with Crippen LogP contribution >= 0.6 is 0 Å². The fourth-order valence-electron chi connectivity index (χ4n) is 3.77. The normalized spacial score (nSPS) is 14.7. The number of amides is 1. The van der Waals surface area contributed by atoms with Crippen LogP contribution in [0.15, 0.2) is 48.5 Å². The summed E-state index contributed by atoms with van der Waals surface area (Å²) in [5, 5.41) is 14.2. The molecule has 0 aliphatic carbocycles. The molecule has 1 aliphatic rings. The summed E-state index contributed by atoms with van der Waals surface area (Å²) in [5.74, 6) is 1.83. The number of carbonyl (C=O) groups excluding carboxylic acids is 1. The number of benzene rings is 2. The van der Waals surface area contributed by atoms with Crippen LogP contribution in [0, 0.1) is 5.92 Å². The first-order chi connectivity index (χ1) is 15.0. The smallest absolute Gasteiger partial charge is 0.407 e. The quantitative estimate of drug-likeness (QED) is 0.638. The summed E-state index contributed by atoms with van der Waals surface area (Å²) in [6, 6.07) is 15.1. The average molecular weight is 421 g/mol. The second-order valence-electron chi connectivity index (χ2n) is 8.30. The minimum absolute atomic E-state index is 0.0849. The van der Waals surface area contributed by atoms with E-state index in [2.05, 4.69) is 15.2 Å². The molecule has 2 aromatic carbocycles. The number of hydrogen-bond donors (Lipinski definition) is 2. The number of nitrogens with one attached hydrogen (secondary N) is 1. The van der Waals surface area contributed by atoms with E-state index in [9.17, 15) is 9.90 Å². The van der Waals surface area contributed by atoms with Crippen LogP contribution in [0.3, 0.4) is 0 Å². The van der Waals surface area contributed by atoms with Crippen molar-refractivity contribution in [2.75, 3.05) is 24.6 Å². The number of ether oxygens (including phenoxy) is 1. The molecule has 31 heavy (non-hydrogen) atoms. The molecule has 0 saturated carbocycles. The number of alkyl carbamates (subject to hydrolysis) is 1. The maximum Gasteiger partial charge on any atom is 0.407 e. The van der Waals surface area contributed by atoms with Crippen molar-refractivity contribution in [1.29, 1.82) is 0 Å². The van der Waals surface area contributed by atoms with Gasteiger partial charge in [-0.2, -0.15) is 0 Å². The van der Waals surface area contributed by atoms with Crippen molar-refractivity contribution < 1.29 is 14.6 Å². The van der Waals surface area contributed by atoms with E-state index in [1.807, 2.05) is 50.2 Å². The predicted molar refractivity (Wildman–Crippen MR) is 121 cm³/mol. The number of rotatable bonds is 5. The molecule has 2 heterocycles. The molecule has 1 saturated heterocycles. The first-order valence-electron chi connectivity index (χ1n) is 10.7. The Morgan fingerprint density at radius 2 is 1.84 bits per heavy atom. The lowest BCUT2D eigenvalue weighted by Crippen LogP contribution is -2.45. The third-order valence-corrected chi connectivity index (χ3v) is 5.39. The van der Waals surface area contributed by atoms with E-state index in [-0.39, 0.29) is 17.9 Å². The van der Waals surface area contributed by atoms with Gasteiger partial charge in [0.2, 0.25) is 0 Å². The molecule has 1 aromatic heterocycles. The molecule has 3 aromatic rings. The molecule has 1 aliphatic heterocycles. The van der Waals surface area contributed by atoms with E-state index in [0.29, 0.717) is 23.9 Å². The first kappa shape index (κ1) is 20.9.